The number of Topliss-reactive ketones (excluding diaryl/α,β-unsaturated/α-hetero) is 2. The molecule has 0 radical (unpaired) electrons. The van der Waals surface area contributed by atoms with E-state index in [1.54, 1.807) is 6.07 Å². The quantitative estimate of drug-likeness (QED) is 0.201. The van der Waals surface area contributed by atoms with Gasteiger partial charge < -0.3 is 36.8 Å². The second-order valence-corrected chi connectivity index (χ2v) is 10.4. The zero-order valence-electron chi connectivity index (χ0n) is 20.4. The zero-order chi connectivity index (χ0) is 27.0. The first-order valence-corrected chi connectivity index (χ1v) is 12.0. The van der Waals surface area contributed by atoms with Crippen molar-refractivity contribution in [3.05, 3.63) is 52.8 Å². The molecule has 2 unspecified atom stereocenters. The largest absolute Gasteiger partial charge is 0.508 e. The van der Waals surface area contributed by atoms with E-state index in [4.69, 9.17) is 11.5 Å². The fourth-order valence-corrected chi connectivity index (χ4v) is 6.21. The average molecular weight is 508 g/mol. The Bertz CT molecular complexity index is 1380. The third-order valence-electron chi connectivity index (χ3n) is 8.11. The summed E-state index contributed by atoms with van der Waals surface area (Å²) in [7, 11) is 3.83. The SMILES string of the molecule is CN(C)c1ccc(-c2cc(N)c(O)c3c2C[C@H]2C[C@H]4CC(O)C(C(N)=O)C(=O)[C@@]4(O)C(O)=C2C3=O)cc1. The van der Waals surface area contributed by atoms with Crippen molar-refractivity contribution in [3.8, 4) is 16.9 Å². The summed E-state index contributed by atoms with van der Waals surface area (Å²) < 4.78 is 0. The van der Waals surface area contributed by atoms with E-state index >= 15 is 0 Å². The normalized spacial score (nSPS) is 28.9. The number of rotatable bonds is 3. The Hall–Kier alpha value is -3.89. The molecule has 10 nitrogen and oxygen atoms in total. The maximum absolute atomic E-state index is 13.8. The number of nitrogen functional groups attached to an aromatic ring is 1. The van der Waals surface area contributed by atoms with Crippen molar-refractivity contribution in [1.82, 2.24) is 0 Å². The molecule has 0 aromatic heterocycles. The number of nitrogens with two attached hydrogens (primary N) is 2. The van der Waals surface area contributed by atoms with E-state index < -0.39 is 58.4 Å². The minimum absolute atomic E-state index is 0.0321. The Kier molecular flexibility index (Phi) is 5.58. The van der Waals surface area contributed by atoms with Gasteiger partial charge in [-0.05, 0) is 60.1 Å². The van der Waals surface area contributed by atoms with E-state index in [0.717, 1.165) is 11.3 Å². The van der Waals surface area contributed by atoms with Gasteiger partial charge in [0.2, 0.25) is 5.91 Å². The van der Waals surface area contributed by atoms with Gasteiger partial charge in [-0.25, -0.2) is 0 Å². The van der Waals surface area contributed by atoms with Crippen molar-refractivity contribution < 1.29 is 34.8 Å². The number of carbonyl (C=O) groups excluding carboxylic acids is 3. The van der Waals surface area contributed by atoms with Crippen LogP contribution in [0.3, 0.4) is 0 Å². The minimum atomic E-state index is -2.54. The molecular weight excluding hydrogens is 478 g/mol. The predicted molar refractivity (Wildman–Crippen MR) is 135 cm³/mol. The minimum Gasteiger partial charge on any atom is -0.508 e. The molecule has 1 fully saturated rings. The lowest BCUT2D eigenvalue weighted by atomic mass is 9.57. The third kappa shape index (κ3) is 3.43. The smallest absolute Gasteiger partial charge is 0.230 e. The van der Waals surface area contributed by atoms with E-state index in [0.29, 0.717) is 11.1 Å². The van der Waals surface area contributed by atoms with Crippen LogP contribution in [0.5, 0.6) is 5.75 Å². The molecule has 5 rings (SSSR count). The molecule has 1 saturated carbocycles. The lowest BCUT2D eigenvalue weighted by Gasteiger charge is -2.48. The first kappa shape index (κ1) is 24.8. The van der Waals surface area contributed by atoms with Crippen molar-refractivity contribution in [2.45, 2.75) is 31.0 Å². The van der Waals surface area contributed by atoms with E-state index in [9.17, 15) is 34.8 Å². The fraction of sp³-hybridized carbons (Fsp3) is 0.370. The molecule has 1 amide bonds. The Labute approximate surface area is 212 Å². The Morgan fingerprint density at radius 3 is 2.35 bits per heavy atom. The molecule has 3 aliphatic carbocycles. The molecule has 8 N–H and O–H groups in total. The molecule has 0 heterocycles. The Morgan fingerprint density at radius 1 is 1.11 bits per heavy atom. The van der Waals surface area contributed by atoms with Gasteiger partial charge in [-0.2, -0.15) is 0 Å². The van der Waals surface area contributed by atoms with Gasteiger partial charge in [0.1, 0.15) is 17.4 Å². The number of aliphatic hydroxyl groups excluding tert-OH is 2. The number of anilines is 2. The number of carbonyl (C=O) groups is 3. The van der Waals surface area contributed by atoms with Gasteiger partial charge in [0.25, 0.3) is 0 Å². The maximum atomic E-state index is 13.8. The number of nitrogens with zero attached hydrogens (tertiary/aromatic N) is 1. The molecule has 10 heteroatoms. The standard InChI is InChI=1S/C27H29N3O7/c1-30(2)14-5-3-11(4-6-14)15-10-17(28)22(32)20-16(15)8-12-7-13-9-18(31)21(26(29)36)25(35)27(13,37)24(34)19(12)23(20)33/h3-6,10,12-13,18,21,31-32,34,37H,7-9,28H2,1-2H3,(H2,29,36)/t12-,13+,18?,21?,27+/m1/s1. The Morgan fingerprint density at radius 2 is 1.76 bits per heavy atom. The summed E-state index contributed by atoms with van der Waals surface area (Å²) in [6.07, 6.45) is -1.25. The topological polar surface area (TPSA) is 187 Å². The number of aliphatic hydroxyl groups is 3. The van der Waals surface area contributed by atoms with Crippen LogP contribution in [0.4, 0.5) is 11.4 Å². The van der Waals surface area contributed by atoms with Crippen LogP contribution in [0, 0.1) is 17.8 Å². The first-order chi connectivity index (χ1) is 17.4. The molecule has 5 atom stereocenters. The molecule has 0 spiro atoms. The second-order valence-electron chi connectivity index (χ2n) is 10.4. The maximum Gasteiger partial charge on any atom is 0.230 e. The van der Waals surface area contributed by atoms with Gasteiger partial charge in [-0.15, -0.1) is 0 Å². The molecule has 0 bridgehead atoms. The summed E-state index contributed by atoms with van der Waals surface area (Å²) in [4.78, 5) is 40.7. The van der Waals surface area contributed by atoms with Gasteiger partial charge in [0.15, 0.2) is 17.2 Å². The van der Waals surface area contributed by atoms with Crippen LogP contribution in [0.15, 0.2) is 41.7 Å². The lowest BCUT2D eigenvalue weighted by molar-refractivity contribution is -0.167. The number of fused-ring (bicyclic) bond motifs is 3. The van der Waals surface area contributed by atoms with E-state index in [1.165, 1.54) is 0 Å². The third-order valence-corrected chi connectivity index (χ3v) is 8.11. The monoisotopic (exact) mass is 507 g/mol. The van der Waals surface area contributed by atoms with Crippen molar-refractivity contribution >= 4 is 28.8 Å². The zero-order valence-corrected chi connectivity index (χ0v) is 20.4. The van der Waals surface area contributed by atoms with Crippen LogP contribution in [0.2, 0.25) is 0 Å². The fourth-order valence-electron chi connectivity index (χ4n) is 6.21. The number of amides is 1. The summed E-state index contributed by atoms with van der Waals surface area (Å²) in [5.74, 6) is -7.55. The van der Waals surface area contributed by atoms with Gasteiger partial charge in [0.05, 0.1) is 17.4 Å². The second kappa shape index (κ2) is 8.32. The van der Waals surface area contributed by atoms with Crippen molar-refractivity contribution in [1.29, 1.82) is 0 Å². The van der Waals surface area contributed by atoms with Gasteiger partial charge in [0, 0.05) is 31.3 Å². The average Bonchev–Trinajstić information content (AvgIpc) is 2.83. The highest BCUT2D eigenvalue weighted by Crippen LogP contribution is 2.53. The van der Waals surface area contributed by atoms with Crippen LogP contribution >= 0.6 is 0 Å². The molecule has 37 heavy (non-hydrogen) atoms. The number of hydrogen-bond donors (Lipinski definition) is 6. The lowest BCUT2D eigenvalue weighted by Crippen LogP contribution is -2.63. The first-order valence-electron chi connectivity index (χ1n) is 12.0. The van der Waals surface area contributed by atoms with Gasteiger partial charge in [-0.3, -0.25) is 14.4 Å². The molecule has 2 aromatic rings. The van der Waals surface area contributed by atoms with Crippen LogP contribution in [-0.2, 0) is 16.0 Å². The Balaban J connectivity index is 1.67. The molecule has 3 aliphatic rings. The van der Waals surface area contributed by atoms with Crippen LogP contribution in [0.1, 0.15) is 28.8 Å². The van der Waals surface area contributed by atoms with Crippen molar-refractivity contribution in [3.63, 3.8) is 0 Å². The van der Waals surface area contributed by atoms with Crippen molar-refractivity contribution in [2.24, 2.45) is 23.5 Å². The van der Waals surface area contributed by atoms with E-state index in [2.05, 4.69) is 0 Å². The number of aromatic hydroxyl groups is 1. The summed E-state index contributed by atoms with van der Waals surface area (Å²) in [6.45, 7) is 0. The van der Waals surface area contributed by atoms with Crippen LogP contribution in [0.25, 0.3) is 11.1 Å². The van der Waals surface area contributed by atoms with Crippen LogP contribution in [-0.4, -0.2) is 63.7 Å². The molecule has 2 aromatic carbocycles. The summed E-state index contributed by atoms with van der Waals surface area (Å²) in [5.41, 5.74) is 11.4. The number of allylic oxidation sites excluding steroid dienone is 1. The van der Waals surface area contributed by atoms with E-state index in [-0.39, 0.29) is 36.1 Å². The highest BCUT2D eigenvalue weighted by atomic mass is 16.3. The highest BCUT2D eigenvalue weighted by molar-refractivity contribution is 6.17. The number of phenolic OH excluding ortho intramolecular Hbond substituents is 1. The number of hydrogen-bond acceptors (Lipinski definition) is 9. The molecule has 0 aliphatic heterocycles. The summed E-state index contributed by atoms with van der Waals surface area (Å²) in [6, 6.07) is 9.20. The van der Waals surface area contributed by atoms with Crippen molar-refractivity contribution in [2.75, 3.05) is 24.7 Å². The van der Waals surface area contributed by atoms with Gasteiger partial charge in [-0.1, -0.05) is 12.1 Å². The highest BCUT2D eigenvalue weighted by Gasteiger charge is 2.62. The number of primary amides is 1. The molecule has 194 valence electrons. The molecule has 0 saturated heterocycles. The van der Waals surface area contributed by atoms with Crippen LogP contribution < -0.4 is 16.4 Å². The summed E-state index contributed by atoms with van der Waals surface area (Å²) >= 11 is 0. The predicted octanol–water partition coefficient (Wildman–Crippen LogP) is 1.06. The molecular formula is C27H29N3O7. The number of phenols is 1. The number of ketones is 2. The number of benzene rings is 2. The summed E-state index contributed by atoms with van der Waals surface area (Å²) in [5, 5.41) is 43.8. The van der Waals surface area contributed by atoms with E-state index in [1.807, 2.05) is 43.3 Å². The van der Waals surface area contributed by atoms with Gasteiger partial charge >= 0.3 is 0 Å².